The second-order valence-electron chi connectivity index (χ2n) is 6.09. The maximum atomic E-state index is 12.9. The summed E-state index contributed by atoms with van der Waals surface area (Å²) in [5.74, 6) is 1.83. The summed E-state index contributed by atoms with van der Waals surface area (Å²) in [6.45, 7) is 0. The van der Waals surface area contributed by atoms with Crippen molar-refractivity contribution in [3.63, 3.8) is 0 Å². The lowest BCUT2D eigenvalue weighted by Gasteiger charge is -2.19. The third-order valence-electron chi connectivity index (χ3n) is 4.31. The minimum Gasteiger partial charge on any atom is -0.497 e. The summed E-state index contributed by atoms with van der Waals surface area (Å²) >= 11 is 1.36. The van der Waals surface area contributed by atoms with E-state index in [2.05, 4.69) is 15.3 Å². The van der Waals surface area contributed by atoms with Gasteiger partial charge in [0.05, 0.1) is 13.4 Å². The molecule has 3 heterocycles. The molecule has 1 atom stereocenters. The Hall–Kier alpha value is -3.39. The summed E-state index contributed by atoms with van der Waals surface area (Å²) in [6.07, 6.45) is 5.13. The second-order valence-corrected chi connectivity index (χ2v) is 6.95. The Morgan fingerprint density at radius 2 is 2.11 bits per heavy atom. The number of thiazole rings is 1. The maximum Gasteiger partial charge on any atom is 0.271 e. The number of aromatic nitrogens is 3. The van der Waals surface area contributed by atoms with Crippen LogP contribution in [-0.4, -0.2) is 27.6 Å². The molecule has 0 spiro atoms. The Kier molecular flexibility index (Phi) is 4.94. The van der Waals surface area contributed by atoms with Crippen LogP contribution in [0.4, 0.5) is 0 Å². The molecule has 0 fully saturated rings. The van der Waals surface area contributed by atoms with Crippen molar-refractivity contribution < 1.29 is 13.9 Å². The van der Waals surface area contributed by atoms with E-state index in [1.54, 1.807) is 31.0 Å². The lowest BCUT2D eigenvalue weighted by atomic mass is 10.1. The van der Waals surface area contributed by atoms with Crippen molar-refractivity contribution in [2.24, 2.45) is 7.05 Å². The van der Waals surface area contributed by atoms with Gasteiger partial charge >= 0.3 is 0 Å². The van der Waals surface area contributed by atoms with Gasteiger partial charge in [0.2, 0.25) is 0 Å². The third kappa shape index (κ3) is 3.54. The van der Waals surface area contributed by atoms with Crippen molar-refractivity contribution >= 4 is 17.2 Å². The first-order valence-corrected chi connectivity index (χ1v) is 9.45. The standard InChI is InChI=1S/C20H18N4O3S/c1-24-10-9-21-18(24)17(13-5-7-14(26-2)8-6-13)23-19(25)15-12-28-20(22-15)16-4-3-11-27-16/h3-12,17H,1-2H3,(H,23,25)/t17-/m1/s1. The molecule has 0 aliphatic rings. The van der Waals surface area contributed by atoms with Gasteiger partial charge in [-0.2, -0.15) is 0 Å². The number of hydrogen-bond donors (Lipinski definition) is 1. The highest BCUT2D eigenvalue weighted by Crippen LogP contribution is 2.26. The van der Waals surface area contributed by atoms with Crippen LogP contribution in [0.5, 0.6) is 5.75 Å². The van der Waals surface area contributed by atoms with Crippen LogP contribution in [0.15, 0.2) is 64.9 Å². The number of imidazole rings is 1. The van der Waals surface area contributed by atoms with E-state index in [1.807, 2.05) is 48.1 Å². The zero-order valence-corrected chi connectivity index (χ0v) is 16.1. The van der Waals surface area contributed by atoms with E-state index in [0.29, 0.717) is 16.5 Å². The SMILES string of the molecule is COc1ccc([C@@H](NC(=O)c2csc(-c3ccco3)n2)c2nccn2C)cc1. The Morgan fingerprint density at radius 1 is 1.29 bits per heavy atom. The van der Waals surface area contributed by atoms with Crippen molar-refractivity contribution in [3.8, 4) is 16.5 Å². The first-order chi connectivity index (χ1) is 13.7. The van der Waals surface area contributed by atoms with Crippen molar-refractivity contribution in [2.45, 2.75) is 6.04 Å². The molecule has 142 valence electrons. The number of benzene rings is 1. The number of nitrogens with one attached hydrogen (secondary N) is 1. The average molecular weight is 394 g/mol. The van der Waals surface area contributed by atoms with Gasteiger partial charge < -0.3 is 19.0 Å². The minimum atomic E-state index is -0.424. The number of furan rings is 1. The molecule has 8 heteroatoms. The summed E-state index contributed by atoms with van der Waals surface area (Å²) in [5.41, 5.74) is 1.23. The van der Waals surface area contributed by atoms with Crippen LogP contribution in [0.3, 0.4) is 0 Å². The fraction of sp³-hybridized carbons (Fsp3) is 0.150. The third-order valence-corrected chi connectivity index (χ3v) is 5.17. The molecule has 0 aliphatic carbocycles. The quantitative estimate of drug-likeness (QED) is 0.540. The van der Waals surface area contributed by atoms with Crippen molar-refractivity contribution in [2.75, 3.05) is 7.11 Å². The monoisotopic (exact) mass is 394 g/mol. The van der Waals surface area contributed by atoms with Crippen molar-refractivity contribution in [3.05, 3.63) is 77.5 Å². The van der Waals surface area contributed by atoms with Gasteiger partial charge in [0.25, 0.3) is 5.91 Å². The Bertz CT molecular complexity index is 1070. The van der Waals surface area contributed by atoms with E-state index in [4.69, 9.17) is 9.15 Å². The van der Waals surface area contributed by atoms with Gasteiger partial charge in [-0.1, -0.05) is 12.1 Å². The number of carbonyl (C=O) groups is 1. The number of amides is 1. The number of aryl methyl sites for hydroxylation is 1. The number of hydrogen-bond acceptors (Lipinski definition) is 6. The zero-order chi connectivity index (χ0) is 19.5. The van der Waals surface area contributed by atoms with E-state index in [0.717, 1.165) is 17.1 Å². The smallest absolute Gasteiger partial charge is 0.271 e. The van der Waals surface area contributed by atoms with Gasteiger partial charge in [0.1, 0.15) is 23.3 Å². The Balaban J connectivity index is 1.62. The zero-order valence-electron chi connectivity index (χ0n) is 15.3. The van der Waals surface area contributed by atoms with E-state index in [9.17, 15) is 4.79 Å². The van der Waals surface area contributed by atoms with E-state index in [1.165, 1.54) is 11.3 Å². The normalized spacial score (nSPS) is 11.9. The number of methoxy groups -OCH3 is 1. The molecule has 1 amide bonds. The highest BCUT2D eigenvalue weighted by atomic mass is 32.1. The topological polar surface area (TPSA) is 82.2 Å². The van der Waals surface area contributed by atoms with Crippen LogP contribution in [0.2, 0.25) is 0 Å². The predicted octanol–water partition coefficient (Wildman–Crippen LogP) is 3.66. The van der Waals surface area contributed by atoms with Crippen molar-refractivity contribution in [1.29, 1.82) is 0 Å². The molecule has 0 aliphatic heterocycles. The molecule has 4 aromatic rings. The second kappa shape index (κ2) is 7.69. The summed E-state index contributed by atoms with van der Waals surface area (Å²) in [4.78, 5) is 21.7. The number of rotatable bonds is 6. The van der Waals surface area contributed by atoms with Crippen LogP contribution in [0, 0.1) is 0 Å². The molecule has 4 rings (SSSR count). The Labute approximate surface area is 165 Å². The molecule has 28 heavy (non-hydrogen) atoms. The van der Waals surface area contributed by atoms with Gasteiger partial charge in [-0.3, -0.25) is 4.79 Å². The highest BCUT2D eigenvalue weighted by Gasteiger charge is 2.23. The van der Waals surface area contributed by atoms with Crippen LogP contribution in [0.25, 0.3) is 10.8 Å². The van der Waals surface area contributed by atoms with Gasteiger partial charge in [-0.15, -0.1) is 11.3 Å². The van der Waals surface area contributed by atoms with Crippen LogP contribution in [-0.2, 0) is 7.05 Å². The van der Waals surface area contributed by atoms with E-state index >= 15 is 0 Å². The first-order valence-electron chi connectivity index (χ1n) is 8.57. The van der Waals surface area contributed by atoms with Gasteiger partial charge in [-0.05, 0) is 29.8 Å². The van der Waals surface area contributed by atoms with Crippen molar-refractivity contribution in [1.82, 2.24) is 19.9 Å². The molecule has 0 saturated heterocycles. The van der Waals surface area contributed by atoms with Crippen LogP contribution >= 0.6 is 11.3 Å². The first kappa shape index (κ1) is 18.0. The number of nitrogens with zero attached hydrogens (tertiary/aromatic N) is 3. The van der Waals surface area contributed by atoms with Gasteiger partial charge in [-0.25, -0.2) is 9.97 Å². The van der Waals surface area contributed by atoms with E-state index < -0.39 is 6.04 Å². The lowest BCUT2D eigenvalue weighted by Crippen LogP contribution is -2.31. The van der Waals surface area contributed by atoms with Crippen LogP contribution < -0.4 is 10.1 Å². The van der Waals surface area contributed by atoms with Gasteiger partial charge in [0.15, 0.2) is 10.8 Å². The molecule has 1 N–H and O–H groups in total. The number of ether oxygens (including phenoxy) is 1. The fourth-order valence-electron chi connectivity index (χ4n) is 2.85. The molecular formula is C20H18N4O3S. The molecule has 7 nitrogen and oxygen atoms in total. The molecule has 0 radical (unpaired) electrons. The summed E-state index contributed by atoms with van der Waals surface area (Å²) in [5, 5.41) is 5.42. The largest absolute Gasteiger partial charge is 0.497 e. The number of carbonyl (C=O) groups excluding carboxylic acids is 1. The molecule has 1 aromatic carbocycles. The van der Waals surface area contributed by atoms with Crippen LogP contribution in [0.1, 0.15) is 27.9 Å². The predicted molar refractivity (Wildman–Crippen MR) is 105 cm³/mol. The molecular weight excluding hydrogens is 376 g/mol. The maximum absolute atomic E-state index is 12.9. The highest BCUT2D eigenvalue weighted by molar-refractivity contribution is 7.13. The molecule has 0 saturated carbocycles. The van der Waals surface area contributed by atoms with Gasteiger partial charge in [0, 0.05) is 24.8 Å². The molecule has 0 unspecified atom stereocenters. The minimum absolute atomic E-state index is 0.280. The Morgan fingerprint density at radius 3 is 2.75 bits per heavy atom. The summed E-state index contributed by atoms with van der Waals surface area (Å²) in [6, 6.07) is 10.7. The summed E-state index contributed by atoms with van der Waals surface area (Å²) in [7, 11) is 3.51. The fourth-order valence-corrected chi connectivity index (χ4v) is 3.61. The molecule has 3 aromatic heterocycles. The average Bonchev–Trinajstić information content (AvgIpc) is 3.47. The molecule has 0 bridgehead atoms. The lowest BCUT2D eigenvalue weighted by molar-refractivity contribution is 0.0937. The summed E-state index contributed by atoms with van der Waals surface area (Å²) < 4.78 is 12.5. The van der Waals surface area contributed by atoms with E-state index in [-0.39, 0.29) is 5.91 Å².